The second-order valence-electron chi connectivity index (χ2n) is 7.77. The molecule has 27 heavy (non-hydrogen) atoms. The normalized spacial score (nSPS) is 25.8. The number of benzene rings is 1. The quantitative estimate of drug-likeness (QED) is 0.838. The molecule has 2 atom stereocenters. The highest BCUT2D eigenvalue weighted by Gasteiger charge is 2.38. The Labute approximate surface area is 157 Å². The van der Waals surface area contributed by atoms with Gasteiger partial charge in [0.05, 0.1) is 5.56 Å². The summed E-state index contributed by atoms with van der Waals surface area (Å²) in [5.74, 6) is -0.0409. The molecule has 3 rings (SSSR count). The zero-order chi connectivity index (χ0) is 19.5. The van der Waals surface area contributed by atoms with Gasteiger partial charge in [0.1, 0.15) is 0 Å². The van der Waals surface area contributed by atoms with Crippen molar-refractivity contribution in [1.82, 2.24) is 10.6 Å². The highest BCUT2D eigenvalue weighted by molar-refractivity contribution is 5.79. The first-order valence-corrected chi connectivity index (χ1v) is 9.57. The molecular weight excluding hydrogens is 357 g/mol. The summed E-state index contributed by atoms with van der Waals surface area (Å²) in [6.45, 7) is 4.18. The number of rotatable bonds is 4. The van der Waals surface area contributed by atoms with Gasteiger partial charge in [0.2, 0.25) is 5.91 Å². The molecule has 0 unspecified atom stereocenters. The fourth-order valence-electron chi connectivity index (χ4n) is 4.13. The fourth-order valence-corrected chi connectivity index (χ4v) is 4.13. The monoisotopic (exact) mass is 384 g/mol. The fraction of sp³-hybridized carbons (Fsp3) is 0.650. The van der Waals surface area contributed by atoms with Crippen LogP contribution in [0.15, 0.2) is 24.3 Å². The highest BCUT2D eigenvalue weighted by atomic mass is 19.4. The summed E-state index contributed by atoms with van der Waals surface area (Å²) in [5, 5.41) is 6.36. The predicted molar refractivity (Wildman–Crippen MR) is 96.4 cm³/mol. The average Bonchev–Trinajstić information content (AvgIpc) is 2.66. The number of alkyl halides is 3. The van der Waals surface area contributed by atoms with Crippen LogP contribution in [0.1, 0.15) is 43.7 Å². The van der Waals surface area contributed by atoms with Gasteiger partial charge in [0.25, 0.3) is 0 Å². The van der Waals surface area contributed by atoms with E-state index < -0.39 is 17.2 Å². The largest absolute Gasteiger partial charge is 0.416 e. The molecule has 1 amide bonds. The number of carbonyl (C=O) groups excluding carboxylic acids is 1. The molecule has 2 fully saturated rings. The molecule has 2 N–H and O–H groups in total. The Balaban J connectivity index is 1.76. The summed E-state index contributed by atoms with van der Waals surface area (Å²) in [7, 11) is 0. The van der Waals surface area contributed by atoms with E-state index in [-0.39, 0.29) is 11.8 Å². The van der Waals surface area contributed by atoms with E-state index >= 15 is 0 Å². The molecule has 0 aliphatic carbocycles. The lowest BCUT2D eigenvalue weighted by molar-refractivity contribution is -0.137. The molecule has 2 aliphatic rings. The van der Waals surface area contributed by atoms with Crippen LogP contribution in [-0.4, -0.2) is 38.3 Å². The first kappa shape index (κ1) is 20.1. The van der Waals surface area contributed by atoms with Gasteiger partial charge in [-0.15, -0.1) is 0 Å². The Hall–Kier alpha value is -1.60. The van der Waals surface area contributed by atoms with E-state index in [4.69, 9.17) is 4.74 Å². The maximum Gasteiger partial charge on any atom is 0.416 e. The lowest BCUT2D eigenvalue weighted by Crippen LogP contribution is -2.48. The first-order chi connectivity index (χ1) is 12.8. The molecule has 0 bridgehead atoms. The van der Waals surface area contributed by atoms with Crippen molar-refractivity contribution in [2.45, 2.75) is 50.2 Å². The van der Waals surface area contributed by atoms with Crippen LogP contribution in [0.3, 0.4) is 0 Å². The molecular formula is C20H27F3N2O2. The summed E-state index contributed by atoms with van der Waals surface area (Å²) in [6.07, 6.45) is -1.62. The molecule has 1 aromatic rings. The van der Waals surface area contributed by atoms with E-state index in [1.54, 1.807) is 6.07 Å². The molecule has 0 saturated carbocycles. The van der Waals surface area contributed by atoms with E-state index in [2.05, 4.69) is 17.6 Å². The van der Waals surface area contributed by atoms with Crippen LogP contribution in [-0.2, 0) is 21.1 Å². The maximum absolute atomic E-state index is 13.2. The standard InChI is InChI=1S/C20H27F3N2O2/c1-14-11-15(5-8-24-14)18(26)25-13-19(6-9-27-10-7-19)16-3-2-4-17(12-16)20(21,22)23/h2-4,12,14-15,24H,5-11,13H2,1H3,(H,25,26)/t14-,15-/m0/s1. The molecule has 4 nitrogen and oxygen atoms in total. The topological polar surface area (TPSA) is 50.4 Å². The van der Waals surface area contributed by atoms with Gasteiger partial charge >= 0.3 is 6.18 Å². The molecule has 150 valence electrons. The van der Waals surface area contributed by atoms with Gasteiger partial charge < -0.3 is 15.4 Å². The molecule has 2 heterocycles. The Morgan fingerprint density at radius 2 is 2.07 bits per heavy atom. The number of ether oxygens (including phenoxy) is 1. The van der Waals surface area contributed by atoms with E-state index in [1.165, 1.54) is 12.1 Å². The lowest BCUT2D eigenvalue weighted by atomic mass is 9.73. The Morgan fingerprint density at radius 3 is 2.74 bits per heavy atom. The maximum atomic E-state index is 13.2. The Morgan fingerprint density at radius 1 is 1.33 bits per heavy atom. The SMILES string of the molecule is C[C@H]1C[C@@H](C(=O)NCC2(c3cccc(C(F)(F)F)c3)CCOCC2)CCN1. The van der Waals surface area contributed by atoms with Crippen molar-refractivity contribution in [3.05, 3.63) is 35.4 Å². The first-order valence-electron chi connectivity index (χ1n) is 9.57. The average molecular weight is 384 g/mol. The molecule has 0 spiro atoms. The Bertz CT molecular complexity index is 657. The third-order valence-electron chi connectivity index (χ3n) is 5.85. The highest BCUT2D eigenvalue weighted by Crippen LogP contribution is 2.38. The van der Waals surface area contributed by atoms with Gasteiger partial charge in [0, 0.05) is 37.1 Å². The van der Waals surface area contributed by atoms with Gasteiger partial charge in [-0.25, -0.2) is 0 Å². The van der Waals surface area contributed by atoms with Gasteiger partial charge in [-0.1, -0.05) is 18.2 Å². The van der Waals surface area contributed by atoms with Crippen LogP contribution < -0.4 is 10.6 Å². The second kappa shape index (κ2) is 8.19. The van der Waals surface area contributed by atoms with Crippen molar-refractivity contribution >= 4 is 5.91 Å². The van der Waals surface area contributed by atoms with Crippen molar-refractivity contribution in [2.24, 2.45) is 5.92 Å². The minimum Gasteiger partial charge on any atom is -0.381 e. The summed E-state index contributed by atoms with van der Waals surface area (Å²) in [5.41, 5.74) is -0.544. The van der Waals surface area contributed by atoms with Gasteiger partial charge in [0.15, 0.2) is 0 Å². The number of hydrogen-bond acceptors (Lipinski definition) is 3. The van der Waals surface area contributed by atoms with Gasteiger partial charge in [-0.2, -0.15) is 13.2 Å². The van der Waals surface area contributed by atoms with E-state index in [0.29, 0.717) is 44.2 Å². The number of carbonyl (C=O) groups is 1. The lowest BCUT2D eigenvalue weighted by Gasteiger charge is -2.39. The van der Waals surface area contributed by atoms with E-state index in [9.17, 15) is 18.0 Å². The van der Waals surface area contributed by atoms with E-state index in [1.807, 2.05) is 0 Å². The van der Waals surface area contributed by atoms with E-state index in [0.717, 1.165) is 25.5 Å². The summed E-state index contributed by atoms with van der Waals surface area (Å²) >= 11 is 0. The number of nitrogens with one attached hydrogen (secondary N) is 2. The van der Waals surface area contributed by atoms with Crippen LogP contribution in [0.4, 0.5) is 13.2 Å². The predicted octanol–water partition coefficient (Wildman–Crippen LogP) is 3.26. The van der Waals surface area contributed by atoms with Crippen molar-refractivity contribution in [3.63, 3.8) is 0 Å². The van der Waals surface area contributed by atoms with Crippen molar-refractivity contribution < 1.29 is 22.7 Å². The number of halogens is 3. The number of amides is 1. The van der Waals surface area contributed by atoms with Crippen LogP contribution in [0, 0.1) is 5.92 Å². The summed E-state index contributed by atoms with van der Waals surface area (Å²) in [6, 6.07) is 5.80. The summed E-state index contributed by atoms with van der Waals surface area (Å²) < 4.78 is 44.9. The molecule has 7 heteroatoms. The minimum atomic E-state index is -4.38. The van der Waals surface area contributed by atoms with Crippen LogP contribution >= 0.6 is 0 Å². The molecule has 2 aliphatic heterocycles. The minimum absolute atomic E-state index is 0.00110. The zero-order valence-electron chi connectivity index (χ0n) is 15.6. The molecule has 1 aromatic carbocycles. The van der Waals surface area contributed by atoms with Crippen molar-refractivity contribution in [2.75, 3.05) is 26.3 Å². The smallest absolute Gasteiger partial charge is 0.381 e. The van der Waals surface area contributed by atoms with Gasteiger partial charge in [-0.3, -0.25) is 4.79 Å². The van der Waals surface area contributed by atoms with Crippen molar-refractivity contribution in [1.29, 1.82) is 0 Å². The summed E-state index contributed by atoms with van der Waals surface area (Å²) in [4.78, 5) is 12.6. The second-order valence-corrected chi connectivity index (χ2v) is 7.77. The third-order valence-corrected chi connectivity index (χ3v) is 5.85. The number of piperidine rings is 1. The molecule has 2 saturated heterocycles. The zero-order valence-corrected chi connectivity index (χ0v) is 15.6. The van der Waals surface area contributed by atoms with Crippen LogP contribution in [0.5, 0.6) is 0 Å². The Kier molecular flexibility index (Phi) is 6.11. The van der Waals surface area contributed by atoms with Gasteiger partial charge in [-0.05, 0) is 50.8 Å². The third kappa shape index (κ3) is 4.82. The molecule has 0 aromatic heterocycles. The molecule has 0 radical (unpaired) electrons. The van der Waals surface area contributed by atoms with Crippen LogP contribution in [0.25, 0.3) is 0 Å². The number of hydrogen-bond donors (Lipinski definition) is 2. The van der Waals surface area contributed by atoms with Crippen LogP contribution in [0.2, 0.25) is 0 Å². The van der Waals surface area contributed by atoms with Crippen molar-refractivity contribution in [3.8, 4) is 0 Å².